The van der Waals surface area contributed by atoms with Crippen molar-refractivity contribution in [3.63, 3.8) is 0 Å². The van der Waals surface area contributed by atoms with E-state index in [0.717, 1.165) is 6.07 Å². The molecule has 1 rings (SSSR count). The molecule has 3 nitrogen and oxygen atoms in total. The molecule has 84 valence electrons. The quantitative estimate of drug-likeness (QED) is 0.706. The predicted molar refractivity (Wildman–Crippen MR) is 52.7 cm³/mol. The molecule has 0 radical (unpaired) electrons. The van der Waals surface area contributed by atoms with Crippen molar-refractivity contribution >= 4 is 5.69 Å². The fourth-order valence-electron chi connectivity index (χ4n) is 1.10. The smallest absolute Gasteiger partial charge is 0.152 e. The Balaban J connectivity index is 2.80. The van der Waals surface area contributed by atoms with Gasteiger partial charge in [0.1, 0.15) is 11.5 Å². The molecule has 0 heterocycles. The molecule has 1 aromatic carbocycles. The summed E-state index contributed by atoms with van der Waals surface area (Å²) in [6.07, 6.45) is -1.04. The molecule has 0 bridgehead atoms. The highest BCUT2D eigenvalue weighted by molar-refractivity contribution is 5.48. The van der Waals surface area contributed by atoms with E-state index in [-0.39, 0.29) is 12.2 Å². The molecule has 0 spiro atoms. The highest BCUT2D eigenvalue weighted by atomic mass is 19.1. The van der Waals surface area contributed by atoms with Crippen molar-refractivity contribution in [2.75, 3.05) is 18.5 Å². The number of rotatable bonds is 4. The van der Waals surface area contributed by atoms with E-state index in [9.17, 15) is 8.78 Å². The summed E-state index contributed by atoms with van der Waals surface area (Å²) >= 11 is 0. The fourth-order valence-corrected chi connectivity index (χ4v) is 1.10. The minimum Gasteiger partial charge on any atom is -0.394 e. The van der Waals surface area contributed by atoms with E-state index >= 15 is 0 Å². The minimum atomic E-state index is -1.04. The second kappa shape index (κ2) is 5.04. The van der Waals surface area contributed by atoms with Crippen LogP contribution in [0.2, 0.25) is 0 Å². The summed E-state index contributed by atoms with van der Waals surface area (Å²) in [7, 11) is 0. The van der Waals surface area contributed by atoms with Gasteiger partial charge in [0, 0.05) is 6.54 Å². The Bertz CT molecular complexity index is 344. The Morgan fingerprint density at radius 2 is 2.07 bits per heavy atom. The minimum absolute atomic E-state index is 0.103. The van der Waals surface area contributed by atoms with E-state index in [2.05, 4.69) is 5.32 Å². The first-order chi connectivity index (χ1) is 7.06. The van der Waals surface area contributed by atoms with Crippen molar-refractivity contribution in [2.24, 2.45) is 0 Å². The van der Waals surface area contributed by atoms with E-state index in [4.69, 9.17) is 10.2 Å². The lowest BCUT2D eigenvalue weighted by atomic mass is 10.2. The summed E-state index contributed by atoms with van der Waals surface area (Å²) in [5.74, 6) is -1.40. The van der Waals surface area contributed by atoms with Crippen LogP contribution in [-0.4, -0.2) is 29.5 Å². The largest absolute Gasteiger partial charge is 0.394 e. The molecule has 1 atom stereocenters. The van der Waals surface area contributed by atoms with Crippen LogP contribution in [0.5, 0.6) is 0 Å². The zero-order valence-corrected chi connectivity index (χ0v) is 8.30. The number of nitrogens with one attached hydrogen (secondary N) is 1. The SMILES string of the molecule is Cc1ccc(F)c(NCC(O)CO)c1F. The first-order valence-electron chi connectivity index (χ1n) is 4.53. The summed E-state index contributed by atoms with van der Waals surface area (Å²) in [6.45, 7) is 0.957. The van der Waals surface area contributed by atoms with Gasteiger partial charge >= 0.3 is 0 Å². The fraction of sp³-hybridized carbons (Fsp3) is 0.400. The summed E-state index contributed by atoms with van der Waals surface area (Å²) in [4.78, 5) is 0. The normalized spacial score (nSPS) is 12.6. The van der Waals surface area contributed by atoms with Crippen molar-refractivity contribution in [2.45, 2.75) is 13.0 Å². The van der Waals surface area contributed by atoms with E-state index in [1.165, 1.54) is 13.0 Å². The number of hydrogen-bond acceptors (Lipinski definition) is 3. The molecule has 1 aromatic rings. The summed E-state index contributed by atoms with van der Waals surface area (Å²) in [6, 6.07) is 2.48. The van der Waals surface area contributed by atoms with Gasteiger partial charge in [0.15, 0.2) is 5.82 Å². The van der Waals surface area contributed by atoms with Gasteiger partial charge in [-0.05, 0) is 18.6 Å². The topological polar surface area (TPSA) is 52.5 Å². The number of aryl methyl sites for hydroxylation is 1. The second-order valence-corrected chi connectivity index (χ2v) is 3.27. The average Bonchev–Trinajstić information content (AvgIpc) is 2.23. The number of benzene rings is 1. The van der Waals surface area contributed by atoms with Crippen LogP contribution in [0, 0.1) is 18.6 Å². The first kappa shape index (κ1) is 11.9. The van der Waals surface area contributed by atoms with Gasteiger partial charge in [0.25, 0.3) is 0 Å². The van der Waals surface area contributed by atoms with E-state index in [1.54, 1.807) is 0 Å². The standard InChI is InChI=1S/C10H13F2NO2/c1-6-2-3-8(11)10(9(6)12)13-4-7(15)5-14/h2-3,7,13-15H,4-5H2,1H3. The molecule has 0 aliphatic carbocycles. The monoisotopic (exact) mass is 217 g/mol. The third kappa shape index (κ3) is 2.87. The summed E-state index contributed by atoms with van der Waals surface area (Å²) in [5.41, 5.74) is 0.0416. The summed E-state index contributed by atoms with van der Waals surface area (Å²) in [5, 5.41) is 20.0. The highest BCUT2D eigenvalue weighted by Crippen LogP contribution is 2.21. The second-order valence-electron chi connectivity index (χ2n) is 3.27. The summed E-state index contributed by atoms with van der Waals surface area (Å²) < 4.78 is 26.5. The number of halogens is 2. The van der Waals surface area contributed by atoms with Gasteiger partial charge in [0.05, 0.1) is 12.7 Å². The van der Waals surface area contributed by atoms with Crippen LogP contribution in [0.25, 0.3) is 0 Å². The molecule has 0 aliphatic rings. The van der Waals surface area contributed by atoms with Crippen LogP contribution < -0.4 is 5.32 Å². The molecule has 0 fully saturated rings. The molecule has 0 amide bonds. The predicted octanol–water partition coefficient (Wildman–Crippen LogP) is 1.04. The zero-order valence-electron chi connectivity index (χ0n) is 8.30. The molecule has 0 saturated carbocycles. The zero-order chi connectivity index (χ0) is 11.4. The first-order valence-corrected chi connectivity index (χ1v) is 4.53. The molecule has 0 aromatic heterocycles. The Labute approximate surface area is 86.4 Å². The van der Waals surface area contributed by atoms with Crippen LogP contribution in [0.15, 0.2) is 12.1 Å². The lowest BCUT2D eigenvalue weighted by molar-refractivity contribution is 0.105. The molecule has 3 N–H and O–H groups in total. The Kier molecular flexibility index (Phi) is 3.99. The van der Waals surface area contributed by atoms with Gasteiger partial charge in [-0.3, -0.25) is 0 Å². The molecule has 1 unspecified atom stereocenters. The van der Waals surface area contributed by atoms with Crippen molar-refractivity contribution < 1.29 is 19.0 Å². The van der Waals surface area contributed by atoms with E-state index in [0.29, 0.717) is 5.56 Å². The molecular formula is C10H13F2NO2. The third-order valence-corrected chi connectivity index (χ3v) is 2.01. The van der Waals surface area contributed by atoms with Crippen LogP contribution in [0.1, 0.15) is 5.56 Å². The van der Waals surface area contributed by atoms with Crippen molar-refractivity contribution in [3.8, 4) is 0 Å². The molecule has 0 aliphatic heterocycles. The lowest BCUT2D eigenvalue weighted by Gasteiger charge is -2.12. The van der Waals surface area contributed by atoms with E-state index < -0.39 is 24.3 Å². The van der Waals surface area contributed by atoms with Crippen LogP contribution in [-0.2, 0) is 0 Å². The van der Waals surface area contributed by atoms with Crippen molar-refractivity contribution in [1.29, 1.82) is 0 Å². The molecular weight excluding hydrogens is 204 g/mol. The Hall–Kier alpha value is -1.20. The highest BCUT2D eigenvalue weighted by Gasteiger charge is 2.12. The van der Waals surface area contributed by atoms with E-state index in [1.807, 2.05) is 0 Å². The van der Waals surface area contributed by atoms with Crippen LogP contribution >= 0.6 is 0 Å². The van der Waals surface area contributed by atoms with Gasteiger partial charge in [-0.1, -0.05) is 6.07 Å². The van der Waals surface area contributed by atoms with Gasteiger partial charge in [-0.15, -0.1) is 0 Å². The third-order valence-electron chi connectivity index (χ3n) is 2.01. The van der Waals surface area contributed by atoms with Gasteiger partial charge < -0.3 is 15.5 Å². The van der Waals surface area contributed by atoms with Crippen LogP contribution in [0.4, 0.5) is 14.5 Å². The lowest BCUT2D eigenvalue weighted by Crippen LogP contribution is -2.23. The molecule has 0 saturated heterocycles. The average molecular weight is 217 g/mol. The Morgan fingerprint density at radius 1 is 1.40 bits per heavy atom. The van der Waals surface area contributed by atoms with Crippen molar-refractivity contribution in [1.82, 2.24) is 0 Å². The van der Waals surface area contributed by atoms with Gasteiger partial charge in [-0.25, -0.2) is 8.78 Å². The molecule has 5 heteroatoms. The maximum absolute atomic E-state index is 13.4. The Morgan fingerprint density at radius 3 is 2.67 bits per heavy atom. The van der Waals surface area contributed by atoms with Crippen molar-refractivity contribution in [3.05, 3.63) is 29.3 Å². The number of anilines is 1. The number of aliphatic hydroxyl groups excluding tert-OH is 2. The van der Waals surface area contributed by atoms with Crippen LogP contribution in [0.3, 0.4) is 0 Å². The number of aliphatic hydroxyl groups is 2. The maximum atomic E-state index is 13.4. The van der Waals surface area contributed by atoms with Gasteiger partial charge in [0.2, 0.25) is 0 Å². The molecule has 15 heavy (non-hydrogen) atoms. The van der Waals surface area contributed by atoms with Gasteiger partial charge in [-0.2, -0.15) is 0 Å². The number of hydrogen-bond donors (Lipinski definition) is 3. The maximum Gasteiger partial charge on any atom is 0.152 e.